The lowest BCUT2D eigenvalue weighted by Crippen LogP contribution is -2.33. The van der Waals surface area contributed by atoms with Gasteiger partial charge in [0.1, 0.15) is 5.76 Å². The molecule has 0 saturated carbocycles. The van der Waals surface area contributed by atoms with Gasteiger partial charge < -0.3 is 19.5 Å². The molecule has 0 aliphatic carbocycles. The van der Waals surface area contributed by atoms with Crippen LogP contribution < -0.4 is 10.2 Å². The molecule has 29 heavy (non-hydrogen) atoms. The van der Waals surface area contributed by atoms with Gasteiger partial charge in [0.25, 0.3) is 5.91 Å². The van der Waals surface area contributed by atoms with Gasteiger partial charge in [0.15, 0.2) is 5.76 Å². The van der Waals surface area contributed by atoms with Crippen LogP contribution in [-0.4, -0.2) is 44.0 Å². The van der Waals surface area contributed by atoms with E-state index in [1.165, 1.54) is 18.4 Å². The van der Waals surface area contributed by atoms with E-state index in [0.717, 1.165) is 62.1 Å². The van der Waals surface area contributed by atoms with Crippen molar-refractivity contribution < 1.29 is 9.21 Å². The number of nitrogens with one attached hydrogen (secondary N) is 1. The molecule has 0 unspecified atom stereocenters. The molecule has 0 atom stereocenters. The number of carbonyl (C=O) groups excluding carboxylic acids is 1. The minimum Gasteiger partial charge on any atom is -0.456 e. The standard InChI is InChI=1S/C24H35N3O2/c1-5-26(4)14-6-7-20-9-10-21(25-24(28)23-11-8-19(3)29-23)22(17-20)27-15-12-18(2)13-16-27/h8-11,17-18H,5-7,12-16H2,1-4H3,(H,25,28). The Balaban J connectivity index is 1.77. The van der Waals surface area contributed by atoms with Crippen molar-refractivity contribution in [3.63, 3.8) is 0 Å². The van der Waals surface area contributed by atoms with Crippen molar-refractivity contribution in [3.05, 3.63) is 47.4 Å². The van der Waals surface area contributed by atoms with Gasteiger partial charge >= 0.3 is 0 Å². The SMILES string of the molecule is CCN(C)CCCc1ccc(NC(=O)c2ccc(C)o2)c(N2CCC(C)CC2)c1. The van der Waals surface area contributed by atoms with E-state index >= 15 is 0 Å². The number of aryl methyl sites for hydroxylation is 2. The molecule has 158 valence electrons. The van der Waals surface area contributed by atoms with E-state index in [1.807, 2.05) is 13.0 Å². The van der Waals surface area contributed by atoms with Crippen LogP contribution >= 0.6 is 0 Å². The molecule has 1 aliphatic heterocycles. The Hall–Kier alpha value is -2.27. The van der Waals surface area contributed by atoms with Crippen LogP contribution in [0.25, 0.3) is 0 Å². The highest BCUT2D eigenvalue weighted by Crippen LogP contribution is 2.32. The van der Waals surface area contributed by atoms with E-state index in [4.69, 9.17) is 4.42 Å². The number of anilines is 2. The van der Waals surface area contributed by atoms with Gasteiger partial charge in [0.05, 0.1) is 11.4 Å². The van der Waals surface area contributed by atoms with Crippen LogP contribution in [0.2, 0.25) is 0 Å². The first-order valence-electron chi connectivity index (χ1n) is 10.9. The monoisotopic (exact) mass is 397 g/mol. The molecule has 1 aromatic heterocycles. The van der Waals surface area contributed by atoms with Crippen molar-refractivity contribution in [2.24, 2.45) is 5.92 Å². The van der Waals surface area contributed by atoms with Crippen molar-refractivity contribution >= 4 is 17.3 Å². The van der Waals surface area contributed by atoms with Crippen LogP contribution in [0.1, 0.15) is 55.0 Å². The molecule has 0 bridgehead atoms. The fourth-order valence-corrected chi connectivity index (χ4v) is 3.80. The minimum atomic E-state index is -0.193. The second-order valence-electron chi connectivity index (χ2n) is 8.38. The smallest absolute Gasteiger partial charge is 0.291 e. The summed E-state index contributed by atoms with van der Waals surface area (Å²) < 4.78 is 5.50. The fraction of sp³-hybridized carbons (Fsp3) is 0.542. The predicted molar refractivity (Wildman–Crippen MR) is 120 cm³/mol. The number of amides is 1. The first-order valence-corrected chi connectivity index (χ1v) is 10.9. The molecule has 1 fully saturated rings. The summed E-state index contributed by atoms with van der Waals surface area (Å²) in [5.41, 5.74) is 3.33. The predicted octanol–water partition coefficient (Wildman–Crippen LogP) is 4.96. The second kappa shape index (κ2) is 9.97. The highest BCUT2D eigenvalue weighted by Gasteiger charge is 2.20. The molecule has 1 saturated heterocycles. The van der Waals surface area contributed by atoms with E-state index in [0.29, 0.717) is 5.76 Å². The van der Waals surface area contributed by atoms with Crippen LogP contribution in [0.15, 0.2) is 34.7 Å². The molecule has 2 heterocycles. The molecule has 1 amide bonds. The number of nitrogens with zero attached hydrogens (tertiary/aromatic N) is 2. The quantitative estimate of drug-likeness (QED) is 0.684. The Morgan fingerprint density at radius 1 is 1.24 bits per heavy atom. The number of hydrogen-bond donors (Lipinski definition) is 1. The number of piperidine rings is 1. The van der Waals surface area contributed by atoms with Crippen LogP contribution in [0.3, 0.4) is 0 Å². The maximum absolute atomic E-state index is 12.7. The topological polar surface area (TPSA) is 48.7 Å². The summed E-state index contributed by atoms with van der Waals surface area (Å²) in [7, 11) is 2.16. The zero-order chi connectivity index (χ0) is 20.8. The maximum atomic E-state index is 12.7. The molecular formula is C24H35N3O2. The van der Waals surface area contributed by atoms with Crippen LogP contribution in [-0.2, 0) is 6.42 Å². The molecule has 1 aromatic carbocycles. The summed E-state index contributed by atoms with van der Waals surface area (Å²) >= 11 is 0. The normalized spacial score (nSPS) is 15.1. The molecule has 0 radical (unpaired) electrons. The Labute approximate surface area is 175 Å². The van der Waals surface area contributed by atoms with Gasteiger partial charge in [0, 0.05) is 13.1 Å². The first kappa shape index (κ1) is 21.4. The Morgan fingerprint density at radius 3 is 2.66 bits per heavy atom. The third-order valence-electron chi connectivity index (χ3n) is 5.94. The molecule has 1 N–H and O–H groups in total. The maximum Gasteiger partial charge on any atom is 0.291 e. The average molecular weight is 398 g/mol. The van der Waals surface area contributed by atoms with Gasteiger partial charge in [-0.15, -0.1) is 0 Å². The van der Waals surface area contributed by atoms with Gasteiger partial charge in [-0.1, -0.05) is 19.9 Å². The fourth-order valence-electron chi connectivity index (χ4n) is 3.80. The molecule has 3 rings (SSSR count). The Morgan fingerprint density at radius 2 is 2.00 bits per heavy atom. The lowest BCUT2D eigenvalue weighted by molar-refractivity contribution is 0.0995. The molecule has 2 aromatic rings. The summed E-state index contributed by atoms with van der Waals surface area (Å²) in [6.07, 6.45) is 4.57. The highest BCUT2D eigenvalue weighted by molar-refractivity contribution is 6.04. The first-order chi connectivity index (χ1) is 14.0. The van der Waals surface area contributed by atoms with Crippen molar-refractivity contribution in [1.82, 2.24) is 4.90 Å². The molecule has 0 spiro atoms. The molecule has 5 nitrogen and oxygen atoms in total. The second-order valence-corrected chi connectivity index (χ2v) is 8.38. The van der Waals surface area contributed by atoms with Gasteiger partial charge in [-0.2, -0.15) is 0 Å². The lowest BCUT2D eigenvalue weighted by atomic mass is 9.98. The number of hydrogen-bond acceptors (Lipinski definition) is 4. The van der Waals surface area contributed by atoms with Crippen LogP contribution in [0.4, 0.5) is 11.4 Å². The minimum absolute atomic E-state index is 0.193. The molecule has 5 heteroatoms. The highest BCUT2D eigenvalue weighted by atomic mass is 16.3. The number of rotatable bonds is 8. The van der Waals surface area contributed by atoms with Gasteiger partial charge in [-0.25, -0.2) is 0 Å². The third kappa shape index (κ3) is 5.86. The van der Waals surface area contributed by atoms with Crippen molar-refractivity contribution in [1.29, 1.82) is 0 Å². The van der Waals surface area contributed by atoms with Gasteiger partial charge in [0.2, 0.25) is 0 Å². The average Bonchev–Trinajstić information content (AvgIpc) is 3.16. The summed E-state index contributed by atoms with van der Waals surface area (Å²) in [6, 6.07) is 10.0. The van der Waals surface area contributed by atoms with Crippen molar-refractivity contribution in [2.45, 2.75) is 46.5 Å². The zero-order valence-electron chi connectivity index (χ0n) is 18.3. The van der Waals surface area contributed by atoms with Gasteiger partial charge in [-0.05, 0) is 88.5 Å². The molecule has 1 aliphatic rings. The third-order valence-corrected chi connectivity index (χ3v) is 5.94. The van der Waals surface area contributed by atoms with E-state index in [9.17, 15) is 4.79 Å². The van der Waals surface area contributed by atoms with Crippen LogP contribution in [0, 0.1) is 12.8 Å². The molecular weight excluding hydrogens is 362 g/mol. The van der Waals surface area contributed by atoms with Crippen LogP contribution in [0.5, 0.6) is 0 Å². The Kier molecular flexibility index (Phi) is 7.37. The van der Waals surface area contributed by atoms with E-state index in [1.54, 1.807) is 6.07 Å². The van der Waals surface area contributed by atoms with E-state index < -0.39 is 0 Å². The summed E-state index contributed by atoms with van der Waals surface area (Å²) in [5, 5.41) is 3.08. The largest absolute Gasteiger partial charge is 0.456 e. The van der Waals surface area contributed by atoms with Crippen molar-refractivity contribution in [2.75, 3.05) is 43.4 Å². The van der Waals surface area contributed by atoms with Crippen molar-refractivity contribution in [3.8, 4) is 0 Å². The van der Waals surface area contributed by atoms with Gasteiger partial charge in [-0.3, -0.25) is 4.79 Å². The summed E-state index contributed by atoms with van der Waals surface area (Å²) in [4.78, 5) is 17.4. The lowest BCUT2D eigenvalue weighted by Gasteiger charge is -2.33. The Bertz CT molecular complexity index is 806. The summed E-state index contributed by atoms with van der Waals surface area (Å²) in [6.45, 7) is 10.6. The number of furan rings is 1. The van der Waals surface area contributed by atoms with E-state index in [-0.39, 0.29) is 5.91 Å². The zero-order valence-corrected chi connectivity index (χ0v) is 18.3. The summed E-state index contributed by atoms with van der Waals surface area (Å²) in [5.74, 6) is 1.67. The number of benzene rings is 1. The van der Waals surface area contributed by atoms with E-state index in [2.05, 4.69) is 54.2 Å². The number of carbonyl (C=O) groups is 1.